The van der Waals surface area contributed by atoms with Crippen molar-refractivity contribution in [1.82, 2.24) is 0 Å². The van der Waals surface area contributed by atoms with Crippen LogP contribution in [-0.2, 0) is 15.7 Å². The highest BCUT2D eigenvalue weighted by Gasteiger charge is 2.33. The number of carbonyl (C=O) groups is 1. The van der Waals surface area contributed by atoms with Crippen LogP contribution in [0.3, 0.4) is 0 Å². The molecule has 21 heavy (non-hydrogen) atoms. The van der Waals surface area contributed by atoms with Gasteiger partial charge in [-0.1, -0.05) is 11.6 Å². The molecule has 116 valence electrons. The number of alkyl halides is 3. The molecule has 1 N–H and O–H groups in total. The minimum absolute atomic E-state index is 0.0912. The van der Waals surface area contributed by atoms with Crippen LogP contribution in [0.2, 0.25) is 5.02 Å². The third kappa shape index (κ3) is 4.61. The van der Waals surface area contributed by atoms with E-state index in [4.69, 9.17) is 16.3 Å². The van der Waals surface area contributed by atoms with Crippen molar-refractivity contribution >= 4 is 23.2 Å². The molecule has 0 radical (unpaired) electrons. The Labute approximate surface area is 125 Å². The van der Waals surface area contributed by atoms with Gasteiger partial charge in [-0.25, -0.2) is 0 Å². The van der Waals surface area contributed by atoms with E-state index >= 15 is 0 Å². The van der Waals surface area contributed by atoms with Gasteiger partial charge in [-0.15, -0.1) is 0 Å². The first-order valence-electron chi connectivity index (χ1n) is 6.60. The summed E-state index contributed by atoms with van der Waals surface area (Å²) in [4.78, 5) is 11.8. The molecule has 1 amide bonds. The summed E-state index contributed by atoms with van der Waals surface area (Å²) in [5, 5.41) is 2.09. The number of rotatable bonds is 3. The fraction of sp³-hybridized carbons (Fsp3) is 0.500. The molecule has 1 aromatic rings. The van der Waals surface area contributed by atoms with Crippen LogP contribution < -0.4 is 5.32 Å². The van der Waals surface area contributed by atoms with Crippen molar-refractivity contribution in [3.05, 3.63) is 28.8 Å². The van der Waals surface area contributed by atoms with Crippen molar-refractivity contribution in [2.75, 3.05) is 18.5 Å². The quantitative estimate of drug-likeness (QED) is 0.909. The molecule has 1 unspecified atom stereocenters. The summed E-state index contributed by atoms with van der Waals surface area (Å²) in [6.07, 6.45) is -2.52. The summed E-state index contributed by atoms with van der Waals surface area (Å²) in [5.41, 5.74) is -0.864. The second-order valence-electron chi connectivity index (χ2n) is 5.03. The maximum Gasteiger partial charge on any atom is 0.417 e. The molecule has 0 aromatic heterocycles. The molecule has 0 spiro atoms. The lowest BCUT2D eigenvalue weighted by Gasteiger charge is -2.21. The summed E-state index contributed by atoms with van der Waals surface area (Å²) >= 11 is 5.52. The van der Waals surface area contributed by atoms with Crippen molar-refractivity contribution in [2.24, 2.45) is 5.92 Å². The van der Waals surface area contributed by atoms with E-state index in [-0.39, 0.29) is 29.0 Å². The summed E-state index contributed by atoms with van der Waals surface area (Å²) in [6.45, 7) is 1.21. The van der Waals surface area contributed by atoms with Crippen molar-refractivity contribution in [2.45, 2.75) is 25.4 Å². The Morgan fingerprint density at radius 3 is 2.81 bits per heavy atom. The van der Waals surface area contributed by atoms with Crippen LogP contribution in [0.25, 0.3) is 0 Å². The number of ether oxygens (including phenoxy) is 1. The summed E-state index contributed by atoms with van der Waals surface area (Å²) in [5.74, 6) is -0.200. The lowest BCUT2D eigenvalue weighted by atomic mass is 9.98. The monoisotopic (exact) mass is 321 g/mol. The molecule has 7 heteroatoms. The molecule has 1 fully saturated rings. The second-order valence-corrected chi connectivity index (χ2v) is 5.44. The zero-order valence-corrected chi connectivity index (χ0v) is 11.9. The van der Waals surface area contributed by atoms with Crippen LogP contribution in [0.1, 0.15) is 24.8 Å². The minimum atomic E-state index is -4.55. The number of nitrogens with one attached hydrogen (secondary N) is 1. The lowest BCUT2D eigenvalue weighted by Crippen LogP contribution is -2.23. The van der Waals surface area contributed by atoms with Crippen LogP contribution in [0.4, 0.5) is 18.9 Å². The number of halogens is 4. The average molecular weight is 322 g/mol. The lowest BCUT2D eigenvalue weighted by molar-refractivity contribution is -0.137. The number of anilines is 1. The zero-order valence-electron chi connectivity index (χ0n) is 11.2. The molecular formula is C14H15ClF3NO2. The van der Waals surface area contributed by atoms with E-state index in [1.807, 2.05) is 0 Å². The average Bonchev–Trinajstić information content (AvgIpc) is 2.41. The SMILES string of the molecule is O=C(CC1CCCOC1)Nc1ccc(Cl)c(C(F)(F)F)c1. The molecule has 0 bridgehead atoms. The Balaban J connectivity index is 2.00. The van der Waals surface area contributed by atoms with Crippen molar-refractivity contribution in [1.29, 1.82) is 0 Å². The summed E-state index contributed by atoms with van der Waals surface area (Å²) in [6, 6.07) is 3.33. The van der Waals surface area contributed by atoms with Crippen LogP contribution >= 0.6 is 11.6 Å². The van der Waals surface area contributed by atoms with E-state index in [1.54, 1.807) is 0 Å². The summed E-state index contributed by atoms with van der Waals surface area (Å²) < 4.78 is 43.4. The normalized spacial score (nSPS) is 19.3. The molecule has 1 aliphatic heterocycles. The highest BCUT2D eigenvalue weighted by molar-refractivity contribution is 6.31. The van der Waals surface area contributed by atoms with Gasteiger partial charge in [0.05, 0.1) is 10.6 Å². The van der Waals surface area contributed by atoms with Crippen molar-refractivity contribution in [3.63, 3.8) is 0 Å². The topological polar surface area (TPSA) is 38.3 Å². The van der Waals surface area contributed by atoms with Crippen LogP contribution in [0, 0.1) is 5.92 Å². The van der Waals surface area contributed by atoms with Crippen LogP contribution in [-0.4, -0.2) is 19.1 Å². The van der Waals surface area contributed by atoms with Gasteiger partial charge < -0.3 is 10.1 Å². The fourth-order valence-corrected chi connectivity index (χ4v) is 2.49. The van der Waals surface area contributed by atoms with Gasteiger partial charge in [0, 0.05) is 25.3 Å². The molecule has 1 aromatic carbocycles. The predicted octanol–water partition coefficient (Wildman–Crippen LogP) is 4.11. The van der Waals surface area contributed by atoms with Gasteiger partial charge in [0.25, 0.3) is 0 Å². The largest absolute Gasteiger partial charge is 0.417 e. The highest BCUT2D eigenvalue weighted by Crippen LogP contribution is 2.36. The molecule has 3 nitrogen and oxygen atoms in total. The van der Waals surface area contributed by atoms with Crippen molar-refractivity contribution in [3.8, 4) is 0 Å². The van der Waals surface area contributed by atoms with Gasteiger partial charge in [0.1, 0.15) is 0 Å². The molecule has 1 atom stereocenters. The third-order valence-electron chi connectivity index (χ3n) is 3.28. The van der Waals surface area contributed by atoms with Gasteiger partial charge in [-0.3, -0.25) is 4.79 Å². The van der Waals surface area contributed by atoms with E-state index in [2.05, 4.69) is 5.32 Å². The number of carbonyl (C=O) groups excluding carboxylic acids is 1. The number of hydrogen-bond acceptors (Lipinski definition) is 2. The zero-order chi connectivity index (χ0) is 15.5. The molecule has 2 rings (SSSR count). The fourth-order valence-electron chi connectivity index (χ4n) is 2.26. The number of amides is 1. The predicted molar refractivity (Wildman–Crippen MR) is 73.2 cm³/mol. The first kappa shape index (κ1) is 16.1. The van der Waals surface area contributed by atoms with Gasteiger partial charge in [-0.2, -0.15) is 13.2 Å². The van der Waals surface area contributed by atoms with Gasteiger partial charge in [0.2, 0.25) is 5.91 Å². The first-order chi connectivity index (χ1) is 9.86. The maximum absolute atomic E-state index is 12.7. The maximum atomic E-state index is 12.7. The van der Waals surface area contributed by atoms with E-state index in [1.165, 1.54) is 6.07 Å². The molecule has 1 heterocycles. The number of hydrogen-bond donors (Lipinski definition) is 1. The Morgan fingerprint density at radius 2 is 2.19 bits per heavy atom. The van der Waals surface area contributed by atoms with Crippen LogP contribution in [0.5, 0.6) is 0 Å². The molecule has 1 aliphatic rings. The minimum Gasteiger partial charge on any atom is -0.381 e. The van der Waals surface area contributed by atoms with Gasteiger partial charge in [0.15, 0.2) is 0 Å². The first-order valence-corrected chi connectivity index (χ1v) is 6.98. The highest BCUT2D eigenvalue weighted by atomic mass is 35.5. The van der Waals surface area contributed by atoms with E-state index < -0.39 is 11.7 Å². The Kier molecular flexibility index (Phi) is 5.11. The molecule has 0 saturated carbocycles. The van der Waals surface area contributed by atoms with Gasteiger partial charge >= 0.3 is 6.18 Å². The van der Waals surface area contributed by atoms with Gasteiger partial charge in [-0.05, 0) is 37.0 Å². The molecule has 0 aliphatic carbocycles. The second kappa shape index (κ2) is 6.66. The van der Waals surface area contributed by atoms with E-state index in [0.717, 1.165) is 25.0 Å². The van der Waals surface area contributed by atoms with E-state index in [0.29, 0.717) is 13.2 Å². The van der Waals surface area contributed by atoms with Crippen molar-refractivity contribution < 1.29 is 22.7 Å². The molecular weight excluding hydrogens is 307 g/mol. The standard InChI is InChI=1S/C14H15ClF3NO2/c15-12-4-3-10(7-11(12)14(16,17)18)19-13(20)6-9-2-1-5-21-8-9/h3-4,7,9H,1-2,5-6,8H2,(H,19,20). The Bertz CT molecular complexity index is 513. The van der Waals surface area contributed by atoms with E-state index in [9.17, 15) is 18.0 Å². The third-order valence-corrected chi connectivity index (χ3v) is 3.61. The van der Waals surface area contributed by atoms with Crippen LogP contribution in [0.15, 0.2) is 18.2 Å². The Hall–Kier alpha value is -1.27. The summed E-state index contributed by atoms with van der Waals surface area (Å²) in [7, 11) is 0. The smallest absolute Gasteiger partial charge is 0.381 e. The Morgan fingerprint density at radius 1 is 1.43 bits per heavy atom. The number of benzene rings is 1. The molecule has 1 saturated heterocycles.